The predicted molar refractivity (Wildman–Crippen MR) is 118 cm³/mol. The second-order valence-electron chi connectivity index (χ2n) is 7.90. The van der Waals surface area contributed by atoms with Crippen LogP contribution in [0.5, 0.6) is 0 Å². The molecule has 1 aliphatic carbocycles. The fourth-order valence-electron chi connectivity index (χ4n) is 4.58. The number of hydrogen-bond donors (Lipinski definition) is 1. The molecular formula is C23H24ClFN4O. The van der Waals surface area contributed by atoms with Gasteiger partial charge in [-0.25, -0.2) is 9.07 Å². The van der Waals surface area contributed by atoms with Crippen LogP contribution in [0.3, 0.4) is 0 Å². The summed E-state index contributed by atoms with van der Waals surface area (Å²) in [5.41, 5.74) is 12.3. The standard InChI is InChI=1S/C23H23FN4O.ClH/c1-14-10-11-21(17(24)13-14)28-20-9-2-5-16(20)22(26-28)23(29)27-12-4-6-15-18(25)7-3-8-19(15)27;/h3,7-8,10-11,13H,2,4-6,9,12,25H2,1H3;1H. The van der Waals surface area contributed by atoms with E-state index in [0.717, 1.165) is 65.9 Å². The number of carbonyl (C=O) groups excluding carboxylic acids is 1. The number of rotatable bonds is 2. The highest BCUT2D eigenvalue weighted by Gasteiger charge is 2.32. The number of amides is 1. The highest BCUT2D eigenvalue weighted by molar-refractivity contribution is 6.07. The first-order valence-electron chi connectivity index (χ1n) is 10.1. The molecule has 1 aliphatic heterocycles. The molecule has 3 aromatic rings. The summed E-state index contributed by atoms with van der Waals surface area (Å²) < 4.78 is 16.3. The van der Waals surface area contributed by atoms with Crippen LogP contribution in [0.15, 0.2) is 36.4 Å². The minimum absolute atomic E-state index is 0. The van der Waals surface area contributed by atoms with Crippen molar-refractivity contribution in [3.63, 3.8) is 0 Å². The minimum Gasteiger partial charge on any atom is -0.398 e. The number of halogens is 2. The Labute approximate surface area is 181 Å². The molecule has 1 amide bonds. The van der Waals surface area contributed by atoms with Crippen LogP contribution in [0.25, 0.3) is 5.69 Å². The molecule has 5 nitrogen and oxygen atoms in total. The van der Waals surface area contributed by atoms with Crippen molar-refractivity contribution in [2.45, 2.75) is 39.0 Å². The van der Waals surface area contributed by atoms with E-state index in [4.69, 9.17) is 5.73 Å². The van der Waals surface area contributed by atoms with Crippen molar-refractivity contribution in [1.82, 2.24) is 9.78 Å². The number of nitrogens with zero attached hydrogens (tertiary/aromatic N) is 3. The quantitative estimate of drug-likeness (QED) is 0.617. The van der Waals surface area contributed by atoms with Gasteiger partial charge < -0.3 is 10.6 Å². The number of hydrogen-bond acceptors (Lipinski definition) is 3. The number of aryl methyl sites for hydroxylation is 1. The lowest BCUT2D eigenvalue weighted by Gasteiger charge is -2.30. The smallest absolute Gasteiger partial charge is 0.279 e. The Bertz CT molecular complexity index is 1140. The molecular weight excluding hydrogens is 403 g/mol. The molecule has 7 heteroatoms. The van der Waals surface area contributed by atoms with Gasteiger partial charge >= 0.3 is 0 Å². The third kappa shape index (κ3) is 3.16. The number of fused-ring (bicyclic) bond motifs is 2. The van der Waals surface area contributed by atoms with Gasteiger partial charge in [0, 0.05) is 29.2 Å². The molecule has 0 fully saturated rings. The van der Waals surface area contributed by atoms with Gasteiger partial charge in [-0.1, -0.05) is 12.1 Å². The summed E-state index contributed by atoms with van der Waals surface area (Å²) in [5, 5.41) is 4.62. The van der Waals surface area contributed by atoms with E-state index in [1.54, 1.807) is 15.6 Å². The SMILES string of the molecule is Cc1ccc(-n2nc(C(=O)N3CCCc4c(N)cccc43)c3c2CCC3)c(F)c1.Cl. The number of nitrogens with two attached hydrogens (primary N) is 1. The Morgan fingerprint density at radius 2 is 1.87 bits per heavy atom. The fourth-order valence-corrected chi connectivity index (χ4v) is 4.58. The van der Waals surface area contributed by atoms with Crippen LogP contribution in [-0.2, 0) is 19.3 Å². The van der Waals surface area contributed by atoms with E-state index in [9.17, 15) is 9.18 Å². The van der Waals surface area contributed by atoms with Gasteiger partial charge in [-0.15, -0.1) is 12.4 Å². The average Bonchev–Trinajstić information content (AvgIpc) is 3.31. The number of benzene rings is 2. The number of anilines is 2. The van der Waals surface area contributed by atoms with Crippen LogP contribution in [0.4, 0.5) is 15.8 Å². The van der Waals surface area contributed by atoms with Gasteiger partial charge in [0.15, 0.2) is 5.69 Å². The number of nitrogen functional groups attached to an aromatic ring is 1. The Morgan fingerprint density at radius 3 is 2.67 bits per heavy atom. The maximum Gasteiger partial charge on any atom is 0.279 e. The monoisotopic (exact) mass is 426 g/mol. The van der Waals surface area contributed by atoms with Crippen molar-refractivity contribution in [1.29, 1.82) is 0 Å². The summed E-state index contributed by atoms with van der Waals surface area (Å²) >= 11 is 0. The Kier molecular flexibility index (Phi) is 5.28. The summed E-state index contributed by atoms with van der Waals surface area (Å²) in [5.74, 6) is -0.446. The van der Waals surface area contributed by atoms with E-state index in [1.807, 2.05) is 31.2 Å². The van der Waals surface area contributed by atoms with Crippen molar-refractivity contribution >= 4 is 29.7 Å². The third-order valence-electron chi connectivity index (χ3n) is 6.00. The van der Waals surface area contributed by atoms with E-state index >= 15 is 0 Å². The first-order chi connectivity index (χ1) is 14.0. The fraction of sp³-hybridized carbons (Fsp3) is 0.304. The first kappa shape index (κ1) is 20.4. The lowest BCUT2D eigenvalue weighted by molar-refractivity contribution is 0.0979. The Morgan fingerprint density at radius 1 is 1.07 bits per heavy atom. The van der Waals surface area contributed by atoms with Crippen LogP contribution in [0, 0.1) is 12.7 Å². The van der Waals surface area contributed by atoms with Gasteiger partial charge in [0.2, 0.25) is 0 Å². The molecule has 2 aromatic carbocycles. The lowest BCUT2D eigenvalue weighted by atomic mass is 9.99. The van der Waals surface area contributed by atoms with Gasteiger partial charge in [-0.3, -0.25) is 4.79 Å². The summed E-state index contributed by atoms with van der Waals surface area (Å²) in [4.78, 5) is 15.3. The number of aromatic nitrogens is 2. The van der Waals surface area contributed by atoms with Gasteiger partial charge in [0.25, 0.3) is 5.91 Å². The maximum absolute atomic E-state index is 14.6. The Hall–Kier alpha value is -2.86. The molecule has 30 heavy (non-hydrogen) atoms. The molecule has 0 saturated carbocycles. The molecule has 2 heterocycles. The van der Waals surface area contributed by atoms with Crippen molar-refractivity contribution in [2.75, 3.05) is 17.2 Å². The van der Waals surface area contributed by atoms with Crippen LogP contribution in [-0.4, -0.2) is 22.2 Å². The van der Waals surface area contributed by atoms with Gasteiger partial charge in [0.05, 0.1) is 0 Å². The van der Waals surface area contributed by atoms with Crippen molar-refractivity contribution in [2.24, 2.45) is 0 Å². The Balaban J connectivity index is 0.00000218. The molecule has 0 saturated heterocycles. The zero-order valence-electron chi connectivity index (χ0n) is 16.8. The second-order valence-corrected chi connectivity index (χ2v) is 7.90. The predicted octanol–water partition coefficient (Wildman–Crippen LogP) is 4.41. The highest BCUT2D eigenvalue weighted by atomic mass is 35.5. The summed E-state index contributed by atoms with van der Waals surface area (Å²) in [6.45, 7) is 2.49. The molecule has 0 spiro atoms. The van der Waals surface area contributed by atoms with E-state index in [-0.39, 0.29) is 24.1 Å². The molecule has 2 N–H and O–H groups in total. The zero-order valence-corrected chi connectivity index (χ0v) is 17.6. The van der Waals surface area contributed by atoms with Crippen molar-refractivity contribution in [3.05, 3.63) is 70.3 Å². The van der Waals surface area contributed by atoms with Gasteiger partial charge in [-0.05, 0) is 74.4 Å². The van der Waals surface area contributed by atoms with Crippen molar-refractivity contribution < 1.29 is 9.18 Å². The highest BCUT2D eigenvalue weighted by Crippen LogP contribution is 2.34. The molecule has 0 radical (unpaired) electrons. The molecule has 156 valence electrons. The second kappa shape index (κ2) is 7.76. The van der Waals surface area contributed by atoms with E-state index in [1.165, 1.54) is 6.07 Å². The van der Waals surface area contributed by atoms with E-state index in [0.29, 0.717) is 17.9 Å². The molecule has 2 aliphatic rings. The summed E-state index contributed by atoms with van der Waals surface area (Å²) in [7, 11) is 0. The molecule has 0 unspecified atom stereocenters. The average molecular weight is 427 g/mol. The molecule has 1 aromatic heterocycles. The van der Waals surface area contributed by atoms with Crippen molar-refractivity contribution in [3.8, 4) is 5.69 Å². The maximum atomic E-state index is 14.6. The van der Waals surface area contributed by atoms with E-state index in [2.05, 4.69) is 5.10 Å². The lowest BCUT2D eigenvalue weighted by Crippen LogP contribution is -2.36. The first-order valence-corrected chi connectivity index (χ1v) is 10.1. The van der Waals surface area contributed by atoms with Crippen LogP contribution in [0.1, 0.15) is 45.7 Å². The molecule has 0 atom stereocenters. The minimum atomic E-state index is -0.322. The summed E-state index contributed by atoms with van der Waals surface area (Å²) in [6, 6.07) is 10.8. The summed E-state index contributed by atoms with van der Waals surface area (Å²) in [6.07, 6.45) is 4.27. The van der Waals surface area contributed by atoms with Gasteiger partial charge in [-0.2, -0.15) is 5.10 Å². The van der Waals surface area contributed by atoms with Gasteiger partial charge in [0.1, 0.15) is 11.5 Å². The van der Waals surface area contributed by atoms with Crippen LogP contribution < -0.4 is 10.6 Å². The van der Waals surface area contributed by atoms with Crippen LogP contribution in [0.2, 0.25) is 0 Å². The largest absolute Gasteiger partial charge is 0.398 e. The third-order valence-corrected chi connectivity index (χ3v) is 6.00. The topological polar surface area (TPSA) is 64.2 Å². The van der Waals surface area contributed by atoms with E-state index < -0.39 is 0 Å². The normalized spacial score (nSPS) is 14.8. The zero-order chi connectivity index (χ0) is 20.1. The van der Waals surface area contributed by atoms with Crippen LogP contribution >= 0.6 is 12.4 Å². The molecule has 0 bridgehead atoms. The number of carbonyl (C=O) groups is 1. The molecule has 5 rings (SSSR count).